The molecule has 0 bridgehead atoms. The molecule has 3 aromatic carbocycles. The number of nitrogens with one attached hydrogen (secondary N) is 3. The number of benzene rings is 3. The molecule has 0 spiro atoms. The molecule has 0 saturated carbocycles. The molecule has 10 nitrogen and oxygen atoms in total. The molecule has 3 amide bonds. The van der Waals surface area contributed by atoms with E-state index in [9.17, 15) is 14.4 Å². The fraction of sp³-hybridized carbons (Fsp3) is 0.324. The molecule has 0 unspecified atom stereocenters. The van der Waals surface area contributed by atoms with E-state index in [1.54, 1.807) is 12.1 Å². The van der Waals surface area contributed by atoms with E-state index in [4.69, 9.17) is 9.47 Å². The molecule has 1 fully saturated rings. The second-order valence-electron chi connectivity index (χ2n) is 11.7. The largest absolute Gasteiger partial charge is 0.484 e. The number of piperazine rings is 1. The highest BCUT2D eigenvalue weighted by molar-refractivity contribution is 6.04. The SMILES string of the molecule is CC(C)(C)OC(=O)NCCc1c[nH]c2ccc(OCC(=O)N3CCN(c4ccc(NC(=O)c5ccccc5)cc4)CC3)cc12. The Hall–Kier alpha value is -4.99. The van der Waals surface area contributed by atoms with Gasteiger partial charge in [0.25, 0.3) is 11.8 Å². The highest BCUT2D eigenvalue weighted by atomic mass is 16.6. The van der Waals surface area contributed by atoms with Gasteiger partial charge in [0.05, 0.1) is 0 Å². The van der Waals surface area contributed by atoms with E-state index in [2.05, 4.69) is 20.5 Å². The third-order valence-corrected chi connectivity index (χ3v) is 7.32. The molecule has 1 saturated heterocycles. The molecule has 2 heterocycles. The number of aromatic nitrogens is 1. The summed E-state index contributed by atoms with van der Waals surface area (Å²) in [6.07, 6.45) is 2.10. The molecule has 0 aliphatic carbocycles. The van der Waals surface area contributed by atoms with Crippen LogP contribution in [0.1, 0.15) is 36.7 Å². The zero-order chi connectivity index (χ0) is 31.1. The van der Waals surface area contributed by atoms with Gasteiger partial charge in [-0.2, -0.15) is 0 Å². The molecule has 44 heavy (non-hydrogen) atoms. The van der Waals surface area contributed by atoms with Gasteiger partial charge in [-0.25, -0.2) is 4.79 Å². The maximum Gasteiger partial charge on any atom is 0.407 e. The van der Waals surface area contributed by atoms with Gasteiger partial charge in [0.1, 0.15) is 11.4 Å². The second kappa shape index (κ2) is 13.5. The maximum absolute atomic E-state index is 12.9. The zero-order valence-corrected chi connectivity index (χ0v) is 25.4. The Bertz CT molecular complexity index is 1590. The van der Waals surface area contributed by atoms with Crippen LogP contribution < -0.4 is 20.3 Å². The highest BCUT2D eigenvalue weighted by Crippen LogP contribution is 2.25. The number of carbonyl (C=O) groups excluding carboxylic acids is 3. The van der Waals surface area contributed by atoms with E-state index in [0.29, 0.717) is 50.5 Å². The third-order valence-electron chi connectivity index (χ3n) is 7.32. The lowest BCUT2D eigenvalue weighted by Gasteiger charge is -2.36. The monoisotopic (exact) mass is 597 g/mol. The number of H-pyrrole nitrogens is 1. The van der Waals surface area contributed by atoms with Gasteiger partial charge < -0.3 is 34.9 Å². The number of hydrogen-bond donors (Lipinski definition) is 3. The van der Waals surface area contributed by atoms with Gasteiger partial charge in [-0.1, -0.05) is 18.2 Å². The Labute approximate surface area is 257 Å². The first-order valence-corrected chi connectivity index (χ1v) is 14.8. The number of aromatic amines is 1. The Morgan fingerprint density at radius 2 is 1.64 bits per heavy atom. The third kappa shape index (κ3) is 8.09. The minimum Gasteiger partial charge on any atom is -0.484 e. The molecule has 1 aliphatic heterocycles. The molecule has 3 N–H and O–H groups in total. The number of nitrogens with zero attached hydrogens (tertiary/aromatic N) is 2. The van der Waals surface area contributed by atoms with Crippen LogP contribution in [0.15, 0.2) is 79.0 Å². The molecule has 5 rings (SSSR count). The lowest BCUT2D eigenvalue weighted by atomic mass is 10.1. The molecule has 1 aromatic heterocycles. The number of ether oxygens (including phenoxy) is 2. The van der Waals surface area contributed by atoms with E-state index in [1.807, 2.05) is 92.5 Å². The normalized spacial score (nSPS) is 13.4. The summed E-state index contributed by atoms with van der Waals surface area (Å²) in [5.74, 6) is 0.415. The number of amides is 3. The molecule has 230 valence electrons. The molecule has 4 aromatic rings. The molecule has 1 aliphatic rings. The number of anilines is 2. The number of fused-ring (bicyclic) bond motifs is 1. The summed E-state index contributed by atoms with van der Waals surface area (Å²) in [5, 5.41) is 6.70. The van der Waals surface area contributed by atoms with Crippen molar-refractivity contribution in [3.63, 3.8) is 0 Å². The van der Waals surface area contributed by atoms with Crippen LogP contribution in [0, 0.1) is 0 Å². The average molecular weight is 598 g/mol. The van der Waals surface area contributed by atoms with Gasteiger partial charge in [-0.05, 0) is 87.4 Å². The fourth-order valence-electron chi connectivity index (χ4n) is 5.07. The van der Waals surface area contributed by atoms with Crippen molar-refractivity contribution < 1.29 is 23.9 Å². The first kappa shape index (κ1) is 30.5. The summed E-state index contributed by atoms with van der Waals surface area (Å²) < 4.78 is 11.2. The van der Waals surface area contributed by atoms with E-state index in [1.165, 1.54) is 0 Å². The highest BCUT2D eigenvalue weighted by Gasteiger charge is 2.22. The van der Waals surface area contributed by atoms with Gasteiger partial charge in [-0.3, -0.25) is 9.59 Å². The van der Waals surface area contributed by atoms with Crippen LogP contribution in [0.5, 0.6) is 5.75 Å². The Morgan fingerprint density at radius 1 is 0.909 bits per heavy atom. The summed E-state index contributed by atoms with van der Waals surface area (Å²) in [7, 11) is 0. The van der Waals surface area contributed by atoms with Crippen LogP contribution in [0.2, 0.25) is 0 Å². The molecular formula is C34H39N5O5. The summed E-state index contributed by atoms with van der Waals surface area (Å²) in [6, 6.07) is 22.6. The van der Waals surface area contributed by atoms with Crippen molar-refractivity contribution >= 4 is 40.2 Å². The number of rotatable bonds is 9. The number of carbonyl (C=O) groups is 3. The first-order valence-electron chi connectivity index (χ1n) is 14.8. The smallest absolute Gasteiger partial charge is 0.407 e. The van der Waals surface area contributed by atoms with Crippen molar-refractivity contribution in [1.29, 1.82) is 0 Å². The van der Waals surface area contributed by atoms with Crippen LogP contribution in [0.25, 0.3) is 10.9 Å². The fourth-order valence-corrected chi connectivity index (χ4v) is 5.07. The quantitative estimate of drug-likeness (QED) is 0.244. The van der Waals surface area contributed by atoms with Crippen molar-refractivity contribution in [2.75, 3.05) is 49.5 Å². The molecule has 0 radical (unpaired) electrons. The van der Waals surface area contributed by atoms with Gasteiger partial charge in [0, 0.05) is 66.8 Å². The van der Waals surface area contributed by atoms with Gasteiger partial charge in [0.15, 0.2) is 6.61 Å². The predicted molar refractivity (Wildman–Crippen MR) is 171 cm³/mol. The minimum atomic E-state index is -0.543. The zero-order valence-electron chi connectivity index (χ0n) is 25.4. The topological polar surface area (TPSA) is 116 Å². The summed E-state index contributed by atoms with van der Waals surface area (Å²) in [6.45, 7) is 8.49. The van der Waals surface area contributed by atoms with Crippen LogP contribution in [0.3, 0.4) is 0 Å². The van der Waals surface area contributed by atoms with Crippen molar-refractivity contribution in [1.82, 2.24) is 15.2 Å². The van der Waals surface area contributed by atoms with Crippen LogP contribution in [0.4, 0.5) is 16.2 Å². The number of alkyl carbamates (subject to hydrolysis) is 1. The summed E-state index contributed by atoms with van der Waals surface area (Å²) in [4.78, 5) is 44.6. The Morgan fingerprint density at radius 3 is 2.34 bits per heavy atom. The lowest BCUT2D eigenvalue weighted by molar-refractivity contribution is -0.133. The second-order valence-corrected chi connectivity index (χ2v) is 11.7. The van der Waals surface area contributed by atoms with Crippen molar-refractivity contribution in [2.45, 2.75) is 32.8 Å². The van der Waals surface area contributed by atoms with Crippen LogP contribution >= 0.6 is 0 Å². The van der Waals surface area contributed by atoms with Crippen molar-refractivity contribution in [3.8, 4) is 5.75 Å². The Kier molecular flexibility index (Phi) is 9.38. The predicted octanol–water partition coefficient (Wildman–Crippen LogP) is 5.22. The average Bonchev–Trinajstić information content (AvgIpc) is 3.42. The molecular weight excluding hydrogens is 558 g/mol. The van der Waals surface area contributed by atoms with E-state index in [-0.39, 0.29) is 18.4 Å². The first-order chi connectivity index (χ1) is 21.1. The Balaban J connectivity index is 1.07. The molecule has 10 heteroatoms. The van der Waals surface area contributed by atoms with Gasteiger partial charge in [-0.15, -0.1) is 0 Å². The van der Waals surface area contributed by atoms with E-state index >= 15 is 0 Å². The van der Waals surface area contributed by atoms with Crippen LogP contribution in [-0.2, 0) is 16.0 Å². The van der Waals surface area contributed by atoms with E-state index in [0.717, 1.165) is 27.8 Å². The van der Waals surface area contributed by atoms with Gasteiger partial charge in [0.2, 0.25) is 0 Å². The minimum absolute atomic E-state index is 0.0404. The standard InChI is InChI=1S/C34H39N5O5/c1-34(2,3)44-33(42)35-16-15-25-22-36-30-14-13-28(21-29(25)30)43-23-31(40)39-19-17-38(18-20-39)27-11-9-26(10-12-27)37-32(41)24-7-5-4-6-8-24/h4-14,21-22,36H,15-20,23H2,1-3H3,(H,35,42)(H,37,41). The summed E-state index contributed by atoms with van der Waals surface area (Å²) in [5.41, 5.74) is 3.84. The van der Waals surface area contributed by atoms with E-state index < -0.39 is 11.7 Å². The van der Waals surface area contributed by atoms with Crippen LogP contribution in [-0.4, -0.2) is 72.7 Å². The lowest BCUT2D eigenvalue weighted by Crippen LogP contribution is -2.50. The van der Waals surface area contributed by atoms with Gasteiger partial charge >= 0.3 is 6.09 Å². The maximum atomic E-state index is 12.9. The number of hydrogen-bond acceptors (Lipinski definition) is 6. The molecule has 0 atom stereocenters. The summed E-state index contributed by atoms with van der Waals surface area (Å²) >= 11 is 0. The van der Waals surface area contributed by atoms with Crippen molar-refractivity contribution in [2.24, 2.45) is 0 Å². The van der Waals surface area contributed by atoms with Crippen molar-refractivity contribution in [3.05, 3.63) is 90.1 Å².